The van der Waals surface area contributed by atoms with Crippen LogP contribution in [0.3, 0.4) is 0 Å². The molecule has 0 bridgehead atoms. The van der Waals surface area contributed by atoms with Crippen LogP contribution < -0.4 is 0 Å². The van der Waals surface area contributed by atoms with Crippen molar-refractivity contribution in [1.29, 1.82) is 0 Å². The van der Waals surface area contributed by atoms with Gasteiger partial charge in [-0.05, 0) is 24.7 Å². The second-order valence-corrected chi connectivity index (χ2v) is 5.09. The molecule has 1 fully saturated rings. The quantitative estimate of drug-likeness (QED) is 0.691. The van der Waals surface area contributed by atoms with Crippen molar-refractivity contribution in [3.63, 3.8) is 0 Å². The third-order valence-corrected chi connectivity index (χ3v) is 3.39. The fourth-order valence-corrected chi connectivity index (χ4v) is 2.31. The van der Waals surface area contributed by atoms with Gasteiger partial charge in [-0.3, -0.25) is 4.99 Å². The van der Waals surface area contributed by atoms with E-state index in [1.54, 1.807) is 0 Å². The zero-order valence-corrected chi connectivity index (χ0v) is 12.5. The predicted molar refractivity (Wildman–Crippen MR) is 82.3 cm³/mol. The Bertz CT molecular complexity index is 414. The lowest BCUT2D eigenvalue weighted by molar-refractivity contribution is 0.0270. The standard InChI is InChI=1S/C17H23NO3/c1-2-6-16(7-3-1)18-17-8-4-10-19-12-14-21-15-13-20-11-5-9-17/h16H,1-3,6-7,10-15H2. The van der Waals surface area contributed by atoms with Gasteiger partial charge in [0.25, 0.3) is 0 Å². The number of nitrogens with zero attached hydrogens (tertiary/aromatic N) is 1. The molecule has 0 spiro atoms. The summed E-state index contributed by atoms with van der Waals surface area (Å²) in [5.74, 6) is 12.0. The van der Waals surface area contributed by atoms with Crippen molar-refractivity contribution in [3.8, 4) is 23.7 Å². The molecule has 1 heterocycles. The summed E-state index contributed by atoms with van der Waals surface area (Å²) in [6.45, 7) is 3.03. The Kier molecular flexibility index (Phi) is 7.95. The van der Waals surface area contributed by atoms with Crippen LogP contribution in [0.2, 0.25) is 0 Å². The van der Waals surface area contributed by atoms with Gasteiger partial charge in [0.05, 0.1) is 32.5 Å². The lowest BCUT2D eigenvalue weighted by Crippen LogP contribution is -2.12. The minimum absolute atomic E-state index is 0.381. The van der Waals surface area contributed by atoms with E-state index >= 15 is 0 Å². The summed E-state index contributed by atoms with van der Waals surface area (Å²) in [5, 5.41) is 0. The summed E-state index contributed by atoms with van der Waals surface area (Å²) in [5.41, 5.74) is 0.669. The molecule has 0 aromatic rings. The summed E-state index contributed by atoms with van der Waals surface area (Å²) in [6, 6.07) is 0.381. The van der Waals surface area contributed by atoms with Crippen LogP contribution in [-0.2, 0) is 14.2 Å². The molecule has 0 aromatic heterocycles. The van der Waals surface area contributed by atoms with E-state index in [9.17, 15) is 0 Å². The fourth-order valence-electron chi connectivity index (χ4n) is 2.31. The van der Waals surface area contributed by atoms with Crippen LogP contribution in [0.1, 0.15) is 32.1 Å². The first-order chi connectivity index (χ1) is 10.4. The van der Waals surface area contributed by atoms with Crippen molar-refractivity contribution in [3.05, 3.63) is 0 Å². The van der Waals surface area contributed by atoms with Crippen LogP contribution in [0.15, 0.2) is 4.99 Å². The molecule has 4 heteroatoms. The van der Waals surface area contributed by atoms with E-state index in [0.29, 0.717) is 51.4 Å². The van der Waals surface area contributed by atoms with Crippen LogP contribution >= 0.6 is 0 Å². The third kappa shape index (κ3) is 7.29. The summed E-state index contributed by atoms with van der Waals surface area (Å²) >= 11 is 0. The predicted octanol–water partition coefficient (Wildman–Crippen LogP) is 1.83. The summed E-state index contributed by atoms with van der Waals surface area (Å²) < 4.78 is 16.1. The van der Waals surface area contributed by atoms with E-state index in [1.807, 2.05) is 0 Å². The topological polar surface area (TPSA) is 40.0 Å². The van der Waals surface area contributed by atoms with Crippen molar-refractivity contribution in [2.45, 2.75) is 38.1 Å². The molecule has 0 atom stereocenters. The second kappa shape index (κ2) is 10.4. The molecule has 0 aromatic carbocycles. The number of hydrogen-bond acceptors (Lipinski definition) is 4. The molecule has 114 valence electrons. The maximum Gasteiger partial charge on any atom is 0.159 e. The molecule has 4 nitrogen and oxygen atoms in total. The Balaban J connectivity index is 1.97. The van der Waals surface area contributed by atoms with Gasteiger partial charge in [-0.15, -0.1) is 0 Å². The van der Waals surface area contributed by atoms with Gasteiger partial charge < -0.3 is 14.2 Å². The van der Waals surface area contributed by atoms with Crippen LogP contribution in [0.4, 0.5) is 0 Å². The summed E-state index contributed by atoms with van der Waals surface area (Å²) in [6.07, 6.45) is 6.14. The minimum Gasteiger partial charge on any atom is -0.377 e. The first-order valence-electron chi connectivity index (χ1n) is 7.74. The molecule has 2 rings (SSSR count). The lowest BCUT2D eigenvalue weighted by atomic mass is 9.96. The molecule has 1 aliphatic heterocycles. The van der Waals surface area contributed by atoms with Gasteiger partial charge in [-0.2, -0.15) is 0 Å². The molecule has 2 aliphatic rings. The van der Waals surface area contributed by atoms with Gasteiger partial charge in [0.15, 0.2) is 5.71 Å². The third-order valence-electron chi connectivity index (χ3n) is 3.39. The van der Waals surface area contributed by atoms with Crippen molar-refractivity contribution >= 4 is 5.71 Å². The average Bonchev–Trinajstić information content (AvgIpc) is 2.52. The Morgan fingerprint density at radius 1 is 0.762 bits per heavy atom. The normalized spacial score (nSPS) is 22.2. The van der Waals surface area contributed by atoms with Gasteiger partial charge in [0, 0.05) is 0 Å². The van der Waals surface area contributed by atoms with E-state index in [2.05, 4.69) is 23.7 Å². The van der Waals surface area contributed by atoms with Crippen LogP contribution in [0.25, 0.3) is 0 Å². The van der Waals surface area contributed by atoms with E-state index in [-0.39, 0.29) is 0 Å². The van der Waals surface area contributed by atoms with Gasteiger partial charge in [-0.25, -0.2) is 0 Å². The van der Waals surface area contributed by atoms with Gasteiger partial charge in [-0.1, -0.05) is 31.1 Å². The van der Waals surface area contributed by atoms with Gasteiger partial charge in [0.2, 0.25) is 0 Å². The van der Waals surface area contributed by atoms with Crippen LogP contribution in [0, 0.1) is 23.7 Å². The highest BCUT2D eigenvalue weighted by Crippen LogP contribution is 2.20. The maximum atomic E-state index is 5.37. The average molecular weight is 289 g/mol. The van der Waals surface area contributed by atoms with E-state index in [4.69, 9.17) is 19.2 Å². The monoisotopic (exact) mass is 289 g/mol. The van der Waals surface area contributed by atoms with E-state index in [1.165, 1.54) is 19.3 Å². The highest BCUT2D eigenvalue weighted by molar-refractivity contribution is 6.13. The van der Waals surface area contributed by atoms with Gasteiger partial charge in [0.1, 0.15) is 13.2 Å². The molecular weight excluding hydrogens is 266 g/mol. The Morgan fingerprint density at radius 3 is 1.95 bits per heavy atom. The number of aliphatic imine (C=N–C) groups is 1. The number of rotatable bonds is 1. The van der Waals surface area contributed by atoms with Crippen molar-refractivity contribution in [2.75, 3.05) is 39.6 Å². The molecule has 1 aliphatic carbocycles. The Hall–Kier alpha value is -1.33. The zero-order chi connectivity index (χ0) is 14.6. The van der Waals surface area contributed by atoms with E-state index < -0.39 is 0 Å². The second-order valence-electron chi connectivity index (χ2n) is 5.09. The molecule has 1 saturated carbocycles. The zero-order valence-electron chi connectivity index (χ0n) is 12.5. The van der Waals surface area contributed by atoms with Crippen molar-refractivity contribution in [1.82, 2.24) is 0 Å². The molecule has 0 radical (unpaired) electrons. The molecule has 0 saturated heterocycles. The fraction of sp³-hybridized carbons (Fsp3) is 0.706. The van der Waals surface area contributed by atoms with Gasteiger partial charge >= 0.3 is 0 Å². The molecular formula is C17H23NO3. The largest absolute Gasteiger partial charge is 0.377 e. The SMILES string of the molecule is C1#CC(=NC2CCCCC2)C#CCOCCOCCOC1. The summed E-state index contributed by atoms with van der Waals surface area (Å²) in [7, 11) is 0. The van der Waals surface area contributed by atoms with Crippen molar-refractivity contribution in [2.24, 2.45) is 4.99 Å². The van der Waals surface area contributed by atoms with Crippen LogP contribution in [-0.4, -0.2) is 51.4 Å². The first-order valence-corrected chi connectivity index (χ1v) is 7.74. The molecule has 0 N–H and O–H groups in total. The smallest absolute Gasteiger partial charge is 0.159 e. The highest BCUT2D eigenvalue weighted by Gasteiger charge is 2.12. The van der Waals surface area contributed by atoms with Crippen molar-refractivity contribution < 1.29 is 14.2 Å². The number of ether oxygens (including phenoxy) is 3. The number of hydrogen-bond donors (Lipinski definition) is 0. The Morgan fingerprint density at radius 2 is 1.33 bits per heavy atom. The van der Waals surface area contributed by atoms with E-state index in [0.717, 1.165) is 12.8 Å². The maximum absolute atomic E-state index is 5.37. The molecule has 21 heavy (non-hydrogen) atoms. The first kappa shape index (κ1) is 16.0. The molecule has 0 unspecified atom stereocenters. The lowest BCUT2D eigenvalue weighted by Gasteiger charge is -2.17. The molecule has 0 amide bonds. The summed E-state index contributed by atoms with van der Waals surface area (Å²) in [4.78, 5) is 4.70. The Labute approximate surface area is 127 Å². The minimum atomic E-state index is 0.381. The van der Waals surface area contributed by atoms with Crippen LogP contribution in [0.5, 0.6) is 0 Å². The highest BCUT2D eigenvalue weighted by atomic mass is 16.5.